The van der Waals surface area contributed by atoms with E-state index in [0.29, 0.717) is 11.2 Å². The van der Waals surface area contributed by atoms with Gasteiger partial charge in [0.25, 0.3) is 0 Å². The van der Waals surface area contributed by atoms with E-state index >= 15 is 0 Å². The van der Waals surface area contributed by atoms with Gasteiger partial charge < -0.3 is 15.2 Å². The van der Waals surface area contributed by atoms with Crippen LogP contribution in [-0.4, -0.2) is 49.2 Å². The molecule has 10 heteroatoms. The molecule has 2 N–H and O–H groups in total. The summed E-state index contributed by atoms with van der Waals surface area (Å²) in [5.74, 6) is -0.250. The first-order valence-electron chi connectivity index (χ1n) is 6.49. The van der Waals surface area contributed by atoms with Gasteiger partial charge >= 0.3 is 5.97 Å². The lowest BCUT2D eigenvalue weighted by molar-refractivity contribution is -0.146. The Balaban J connectivity index is 1.87. The Morgan fingerprint density at radius 1 is 1.55 bits per heavy atom. The summed E-state index contributed by atoms with van der Waals surface area (Å²) in [6.07, 6.45) is -0.127. The second-order valence-electron chi connectivity index (χ2n) is 4.84. The Hall–Kier alpha value is -1.81. The molecule has 4 atom stereocenters. The molecular weight excluding hydrogens is 361 g/mol. The van der Waals surface area contributed by atoms with Crippen molar-refractivity contribution in [2.75, 3.05) is 12.3 Å². The van der Waals surface area contributed by atoms with Gasteiger partial charge in [-0.05, 0) is 0 Å². The number of halogens is 2. The van der Waals surface area contributed by atoms with Crippen molar-refractivity contribution in [1.29, 1.82) is 0 Å². The smallest absolute Gasteiger partial charge is 0.302 e. The lowest BCUT2D eigenvalue weighted by Crippen LogP contribution is -2.27. The van der Waals surface area contributed by atoms with Gasteiger partial charge in [0.1, 0.15) is 30.7 Å². The van der Waals surface area contributed by atoms with Crippen LogP contribution in [0.1, 0.15) is 13.2 Å². The van der Waals surface area contributed by atoms with Gasteiger partial charge in [-0.15, -0.1) is 0 Å². The molecule has 0 radical (unpaired) electrons. The van der Waals surface area contributed by atoms with Crippen LogP contribution in [0.2, 0.25) is 0 Å². The summed E-state index contributed by atoms with van der Waals surface area (Å²) in [5.41, 5.74) is 6.59. The molecule has 2 aromatic heterocycles. The second-order valence-corrected chi connectivity index (χ2v) is 5.90. The lowest BCUT2D eigenvalue weighted by Gasteiger charge is -2.16. The van der Waals surface area contributed by atoms with E-state index in [1.54, 1.807) is 4.57 Å². The van der Waals surface area contributed by atoms with Crippen LogP contribution in [0.3, 0.4) is 0 Å². The summed E-state index contributed by atoms with van der Waals surface area (Å²) in [6.45, 7) is 1.10. The number of imidazole rings is 1. The Morgan fingerprint density at radius 3 is 3.05 bits per heavy atom. The minimum absolute atomic E-state index is 0.154. The maximum Gasteiger partial charge on any atom is 0.302 e. The number of fused-ring (bicyclic) bond motifs is 1. The van der Waals surface area contributed by atoms with Crippen molar-refractivity contribution in [3.63, 3.8) is 0 Å². The van der Waals surface area contributed by atoms with Crippen LogP contribution in [0.15, 0.2) is 12.7 Å². The highest BCUT2D eigenvalue weighted by molar-refractivity contribution is 9.09. The van der Waals surface area contributed by atoms with Gasteiger partial charge in [0.2, 0.25) is 0 Å². The number of esters is 1. The van der Waals surface area contributed by atoms with Crippen molar-refractivity contribution in [2.24, 2.45) is 0 Å². The van der Waals surface area contributed by atoms with Gasteiger partial charge in [-0.2, -0.15) is 0 Å². The van der Waals surface area contributed by atoms with Crippen molar-refractivity contribution >= 4 is 38.9 Å². The highest BCUT2D eigenvalue weighted by Gasteiger charge is 2.45. The minimum atomic E-state index is -1.35. The van der Waals surface area contributed by atoms with Crippen molar-refractivity contribution in [2.45, 2.75) is 30.3 Å². The van der Waals surface area contributed by atoms with Crippen LogP contribution < -0.4 is 5.73 Å². The molecule has 2 aromatic rings. The monoisotopic (exact) mass is 373 g/mol. The van der Waals surface area contributed by atoms with Crippen LogP contribution >= 0.6 is 15.9 Å². The van der Waals surface area contributed by atoms with Crippen molar-refractivity contribution < 1.29 is 18.7 Å². The lowest BCUT2D eigenvalue weighted by atomic mass is 10.2. The molecule has 3 rings (SSSR count). The van der Waals surface area contributed by atoms with E-state index in [2.05, 4.69) is 30.9 Å². The summed E-state index contributed by atoms with van der Waals surface area (Å²) >= 11 is 3.28. The van der Waals surface area contributed by atoms with Gasteiger partial charge in [0.15, 0.2) is 17.7 Å². The molecule has 1 saturated heterocycles. The molecule has 1 aliphatic heterocycles. The third-order valence-corrected chi connectivity index (χ3v) is 4.32. The number of aromatic nitrogens is 4. The van der Waals surface area contributed by atoms with E-state index in [-0.39, 0.29) is 12.4 Å². The quantitative estimate of drug-likeness (QED) is 0.631. The Bertz CT molecular complexity index is 711. The number of nitrogens with zero attached hydrogens (tertiary/aromatic N) is 4. The van der Waals surface area contributed by atoms with E-state index in [1.807, 2.05) is 0 Å². The fourth-order valence-electron chi connectivity index (χ4n) is 2.30. The van der Waals surface area contributed by atoms with Gasteiger partial charge in [-0.25, -0.2) is 19.3 Å². The summed E-state index contributed by atoms with van der Waals surface area (Å²) < 4.78 is 26.3. The molecule has 118 valence electrons. The second kappa shape index (κ2) is 5.76. The molecule has 0 saturated carbocycles. The first-order chi connectivity index (χ1) is 10.5. The van der Waals surface area contributed by atoms with E-state index < -0.39 is 29.3 Å². The van der Waals surface area contributed by atoms with E-state index in [1.165, 1.54) is 19.6 Å². The van der Waals surface area contributed by atoms with Crippen LogP contribution in [0.5, 0.6) is 0 Å². The fourth-order valence-corrected chi connectivity index (χ4v) is 3.02. The van der Waals surface area contributed by atoms with Gasteiger partial charge in [-0.1, -0.05) is 15.9 Å². The zero-order chi connectivity index (χ0) is 15.9. The largest absolute Gasteiger partial charge is 0.463 e. The summed E-state index contributed by atoms with van der Waals surface area (Å²) in [4.78, 5) is 22.3. The molecule has 0 aliphatic carbocycles. The molecule has 1 aliphatic rings. The van der Waals surface area contributed by atoms with E-state index in [4.69, 9.17) is 15.2 Å². The Morgan fingerprint density at radius 2 is 2.32 bits per heavy atom. The summed E-state index contributed by atoms with van der Waals surface area (Å²) in [6, 6.07) is 0. The van der Waals surface area contributed by atoms with E-state index in [9.17, 15) is 9.18 Å². The molecule has 0 unspecified atom stereocenters. The first-order valence-corrected chi connectivity index (χ1v) is 7.40. The summed E-state index contributed by atoms with van der Waals surface area (Å²) in [7, 11) is 0. The SMILES string of the molecule is CC(=O)OC[C@H]1O[C@@H](n2cnc3c(N)ncnc32)[C@@H](Br)[C@@H]1F. The highest BCUT2D eigenvalue weighted by atomic mass is 79.9. The fraction of sp³-hybridized carbons (Fsp3) is 0.500. The molecule has 0 bridgehead atoms. The van der Waals surface area contributed by atoms with Crippen molar-refractivity contribution in [1.82, 2.24) is 19.5 Å². The topological polar surface area (TPSA) is 105 Å². The number of carbonyl (C=O) groups is 1. The number of carbonyl (C=O) groups excluding carboxylic acids is 1. The molecule has 0 aromatic carbocycles. The van der Waals surface area contributed by atoms with Gasteiger partial charge in [0.05, 0.1) is 11.2 Å². The van der Waals surface area contributed by atoms with E-state index in [0.717, 1.165) is 0 Å². The maximum absolute atomic E-state index is 14.3. The molecule has 0 amide bonds. The zero-order valence-electron chi connectivity index (χ0n) is 11.5. The van der Waals surface area contributed by atoms with Gasteiger partial charge in [0, 0.05) is 6.92 Å². The van der Waals surface area contributed by atoms with Crippen LogP contribution in [-0.2, 0) is 14.3 Å². The summed E-state index contributed by atoms with van der Waals surface area (Å²) in [5, 5.41) is 0. The third-order valence-electron chi connectivity index (χ3n) is 3.36. The molecule has 3 heterocycles. The number of hydrogen-bond acceptors (Lipinski definition) is 7. The average Bonchev–Trinajstić information content (AvgIpc) is 3.01. The predicted octanol–water partition coefficient (Wildman–Crippen LogP) is 0.971. The third kappa shape index (κ3) is 2.52. The zero-order valence-corrected chi connectivity index (χ0v) is 13.1. The number of nitrogen functional groups attached to an aromatic ring is 1. The molecule has 0 spiro atoms. The normalized spacial score (nSPS) is 28.1. The van der Waals surface area contributed by atoms with Crippen LogP contribution in [0.25, 0.3) is 11.2 Å². The van der Waals surface area contributed by atoms with Crippen molar-refractivity contribution in [3.05, 3.63) is 12.7 Å². The molecule has 22 heavy (non-hydrogen) atoms. The molecule has 1 fully saturated rings. The van der Waals surface area contributed by atoms with Crippen LogP contribution in [0, 0.1) is 0 Å². The number of rotatable bonds is 3. The van der Waals surface area contributed by atoms with Gasteiger partial charge in [-0.3, -0.25) is 9.36 Å². The highest BCUT2D eigenvalue weighted by Crippen LogP contribution is 2.38. The minimum Gasteiger partial charge on any atom is -0.463 e. The number of anilines is 1. The van der Waals surface area contributed by atoms with Crippen LogP contribution in [0.4, 0.5) is 10.2 Å². The molecular formula is C12H13BrFN5O3. The number of ether oxygens (including phenoxy) is 2. The Kier molecular flexibility index (Phi) is 3.96. The van der Waals surface area contributed by atoms with Crippen molar-refractivity contribution in [3.8, 4) is 0 Å². The molecule has 8 nitrogen and oxygen atoms in total. The number of alkyl halides is 2. The standard InChI is InChI=1S/C12H13BrFN5O3/c1-5(20)21-2-6-8(14)7(13)12(22-6)19-4-18-9-10(15)16-3-17-11(9)19/h3-4,6-8,12H,2H2,1H3,(H2,15,16,17)/t6-,7+,8-,12-/m1/s1. The number of nitrogens with two attached hydrogens (primary N) is 1. The number of hydrogen-bond donors (Lipinski definition) is 1. The Labute approximate surface area is 133 Å². The average molecular weight is 374 g/mol. The first kappa shape index (κ1) is 15.1. The maximum atomic E-state index is 14.3. The predicted molar refractivity (Wildman–Crippen MR) is 77.9 cm³/mol.